The van der Waals surface area contributed by atoms with Gasteiger partial charge in [-0.15, -0.1) is 0 Å². The molecule has 1 fully saturated rings. The van der Waals surface area contributed by atoms with Gasteiger partial charge in [0.1, 0.15) is 11.5 Å². The Labute approximate surface area is 147 Å². The van der Waals surface area contributed by atoms with Gasteiger partial charge in [-0.1, -0.05) is 12.1 Å². The molecular formula is C21H21N3O. The van der Waals surface area contributed by atoms with E-state index in [1.165, 1.54) is 11.1 Å². The lowest BCUT2D eigenvalue weighted by Gasteiger charge is -2.49. The number of hydrogen-bond donors (Lipinski definition) is 0. The number of para-hydroxylation sites is 1. The second-order valence-electron chi connectivity index (χ2n) is 7.51. The summed E-state index contributed by atoms with van der Waals surface area (Å²) in [4.78, 5) is 19.9. The van der Waals surface area contributed by atoms with E-state index in [0.717, 1.165) is 41.0 Å². The van der Waals surface area contributed by atoms with Gasteiger partial charge in [0.05, 0.1) is 16.7 Å². The van der Waals surface area contributed by atoms with E-state index in [1.807, 2.05) is 17.0 Å². The standard InChI is InChI=1S/C21H21N3O/c1-13-11-16-18(12-14(13)2)24-20(22-16)15-7-4-5-8-17(15)23-19(25)9-6-10-21(23,24)3/h4-5,7-8,11-12H,6,9-10H2,1-3H3. The van der Waals surface area contributed by atoms with Crippen molar-refractivity contribution in [2.45, 2.75) is 45.7 Å². The molecule has 1 saturated heterocycles. The van der Waals surface area contributed by atoms with E-state index >= 15 is 0 Å². The van der Waals surface area contributed by atoms with Gasteiger partial charge in [-0.05, 0) is 69.0 Å². The maximum absolute atomic E-state index is 12.9. The molecule has 126 valence electrons. The Morgan fingerprint density at radius 3 is 2.72 bits per heavy atom. The molecule has 4 heteroatoms. The number of carbonyl (C=O) groups excluding carboxylic acids is 1. The third-order valence-corrected chi connectivity index (χ3v) is 5.91. The summed E-state index contributed by atoms with van der Waals surface area (Å²) in [6.45, 7) is 6.44. The minimum Gasteiger partial charge on any atom is -0.300 e. The Bertz CT molecular complexity index is 1050. The van der Waals surface area contributed by atoms with Crippen LogP contribution in [0.4, 0.5) is 5.69 Å². The first-order valence-electron chi connectivity index (χ1n) is 8.93. The summed E-state index contributed by atoms with van der Waals surface area (Å²) >= 11 is 0. The first-order valence-corrected chi connectivity index (χ1v) is 8.93. The number of carbonyl (C=O) groups is 1. The number of fused-ring (bicyclic) bond motifs is 8. The molecule has 0 N–H and O–H groups in total. The van der Waals surface area contributed by atoms with Crippen LogP contribution in [-0.2, 0) is 10.5 Å². The van der Waals surface area contributed by atoms with E-state index < -0.39 is 5.66 Å². The first kappa shape index (κ1) is 14.7. The van der Waals surface area contributed by atoms with E-state index in [-0.39, 0.29) is 5.91 Å². The fraction of sp³-hybridized carbons (Fsp3) is 0.333. The summed E-state index contributed by atoms with van der Waals surface area (Å²) in [5, 5.41) is 0. The molecule has 2 aromatic carbocycles. The number of hydrogen-bond acceptors (Lipinski definition) is 2. The highest BCUT2D eigenvalue weighted by atomic mass is 16.2. The number of piperidine rings is 1. The zero-order valence-corrected chi connectivity index (χ0v) is 14.8. The van der Waals surface area contributed by atoms with Gasteiger partial charge in [0, 0.05) is 12.0 Å². The van der Waals surface area contributed by atoms with Crippen molar-refractivity contribution in [3.05, 3.63) is 47.5 Å². The lowest BCUT2D eigenvalue weighted by molar-refractivity contribution is -0.122. The molecule has 1 unspecified atom stereocenters. The van der Waals surface area contributed by atoms with Crippen LogP contribution in [0.5, 0.6) is 0 Å². The van der Waals surface area contributed by atoms with Crippen molar-refractivity contribution in [3.63, 3.8) is 0 Å². The minimum atomic E-state index is -0.393. The van der Waals surface area contributed by atoms with Crippen molar-refractivity contribution in [1.29, 1.82) is 0 Å². The number of aromatic nitrogens is 2. The molecule has 0 saturated carbocycles. The number of rotatable bonds is 0. The summed E-state index contributed by atoms with van der Waals surface area (Å²) < 4.78 is 2.30. The van der Waals surface area contributed by atoms with Gasteiger partial charge in [0.15, 0.2) is 0 Å². The zero-order chi connectivity index (χ0) is 17.3. The molecule has 3 aromatic rings. The molecule has 3 heterocycles. The molecular weight excluding hydrogens is 310 g/mol. The van der Waals surface area contributed by atoms with E-state index in [2.05, 4.69) is 49.6 Å². The largest absolute Gasteiger partial charge is 0.300 e. The third kappa shape index (κ3) is 1.77. The highest BCUT2D eigenvalue weighted by Crippen LogP contribution is 2.49. The Morgan fingerprint density at radius 2 is 1.88 bits per heavy atom. The van der Waals surface area contributed by atoms with E-state index in [4.69, 9.17) is 4.98 Å². The second-order valence-corrected chi connectivity index (χ2v) is 7.51. The van der Waals surface area contributed by atoms with Gasteiger partial charge in [-0.2, -0.15) is 0 Å². The summed E-state index contributed by atoms with van der Waals surface area (Å²) in [6, 6.07) is 12.5. The summed E-state index contributed by atoms with van der Waals surface area (Å²) in [6.07, 6.45) is 2.47. The average Bonchev–Trinajstić information content (AvgIpc) is 2.95. The van der Waals surface area contributed by atoms with Crippen LogP contribution in [0.25, 0.3) is 22.4 Å². The molecule has 5 rings (SSSR count). The zero-order valence-electron chi connectivity index (χ0n) is 14.8. The number of amides is 1. The van der Waals surface area contributed by atoms with Crippen LogP contribution in [0.1, 0.15) is 37.3 Å². The fourth-order valence-electron chi connectivity index (χ4n) is 4.53. The molecule has 1 amide bonds. The van der Waals surface area contributed by atoms with E-state index in [1.54, 1.807) is 0 Å². The van der Waals surface area contributed by atoms with Crippen LogP contribution in [-0.4, -0.2) is 15.5 Å². The molecule has 0 bridgehead atoms. The fourth-order valence-corrected chi connectivity index (χ4v) is 4.53. The molecule has 2 aliphatic rings. The van der Waals surface area contributed by atoms with Crippen molar-refractivity contribution in [2.75, 3.05) is 4.90 Å². The topological polar surface area (TPSA) is 38.1 Å². The first-order chi connectivity index (χ1) is 12.0. The Morgan fingerprint density at radius 1 is 1.12 bits per heavy atom. The van der Waals surface area contributed by atoms with Gasteiger partial charge in [0.25, 0.3) is 0 Å². The van der Waals surface area contributed by atoms with E-state index in [0.29, 0.717) is 6.42 Å². The van der Waals surface area contributed by atoms with Gasteiger partial charge < -0.3 is 0 Å². The normalized spacial score (nSPS) is 21.9. The van der Waals surface area contributed by atoms with Gasteiger partial charge >= 0.3 is 0 Å². The number of aryl methyl sites for hydroxylation is 2. The Kier molecular flexibility index (Phi) is 2.77. The predicted octanol–water partition coefficient (Wildman–Crippen LogP) is 4.52. The molecule has 4 nitrogen and oxygen atoms in total. The highest BCUT2D eigenvalue weighted by Gasteiger charge is 2.47. The Hall–Kier alpha value is -2.62. The number of anilines is 1. The van der Waals surface area contributed by atoms with Crippen molar-refractivity contribution >= 4 is 22.6 Å². The lowest BCUT2D eigenvalue weighted by atomic mass is 9.90. The summed E-state index contributed by atoms with van der Waals surface area (Å²) in [7, 11) is 0. The van der Waals surface area contributed by atoms with Crippen molar-refractivity contribution in [1.82, 2.24) is 9.55 Å². The van der Waals surface area contributed by atoms with Crippen LogP contribution in [0.15, 0.2) is 36.4 Å². The smallest absolute Gasteiger partial charge is 0.228 e. The number of nitrogens with zero attached hydrogens (tertiary/aromatic N) is 3. The minimum absolute atomic E-state index is 0.206. The predicted molar refractivity (Wildman–Crippen MR) is 99.6 cm³/mol. The van der Waals surface area contributed by atoms with Gasteiger partial charge in [-0.25, -0.2) is 4.98 Å². The number of benzene rings is 2. The molecule has 1 aromatic heterocycles. The molecule has 2 aliphatic heterocycles. The summed E-state index contributed by atoms with van der Waals surface area (Å²) in [5.41, 5.74) is 6.27. The van der Waals surface area contributed by atoms with E-state index in [9.17, 15) is 4.79 Å². The molecule has 1 atom stereocenters. The lowest BCUT2D eigenvalue weighted by Crippen LogP contribution is -2.56. The number of imidazole rings is 1. The molecule has 25 heavy (non-hydrogen) atoms. The Balaban J connectivity index is 1.94. The molecule has 0 radical (unpaired) electrons. The maximum atomic E-state index is 12.9. The SMILES string of the molecule is Cc1cc2nc3n(c2cc1C)C1(C)CCCC(=O)N1c1ccccc1-3. The van der Waals surface area contributed by atoms with Crippen LogP contribution >= 0.6 is 0 Å². The van der Waals surface area contributed by atoms with Crippen molar-refractivity contribution in [3.8, 4) is 11.4 Å². The highest BCUT2D eigenvalue weighted by molar-refractivity contribution is 6.01. The maximum Gasteiger partial charge on any atom is 0.228 e. The van der Waals surface area contributed by atoms with Crippen molar-refractivity contribution in [2.24, 2.45) is 0 Å². The van der Waals surface area contributed by atoms with Crippen molar-refractivity contribution < 1.29 is 4.79 Å². The third-order valence-electron chi connectivity index (χ3n) is 5.91. The van der Waals surface area contributed by atoms with Crippen LogP contribution < -0.4 is 4.90 Å². The monoisotopic (exact) mass is 331 g/mol. The van der Waals surface area contributed by atoms with Crippen LogP contribution in [0.2, 0.25) is 0 Å². The quantitative estimate of drug-likeness (QED) is 0.607. The average molecular weight is 331 g/mol. The molecule has 0 aliphatic carbocycles. The van der Waals surface area contributed by atoms with Crippen LogP contribution in [0, 0.1) is 13.8 Å². The van der Waals surface area contributed by atoms with Crippen LogP contribution in [0.3, 0.4) is 0 Å². The van der Waals surface area contributed by atoms with Gasteiger partial charge in [-0.3, -0.25) is 14.3 Å². The van der Waals surface area contributed by atoms with Gasteiger partial charge in [0.2, 0.25) is 5.91 Å². The second kappa shape index (κ2) is 4.72. The molecule has 0 spiro atoms. The summed E-state index contributed by atoms with van der Waals surface area (Å²) in [5.74, 6) is 1.18.